The second-order valence-electron chi connectivity index (χ2n) is 2.53. The number of hydrogen-bond donors (Lipinski definition) is 0. The molecule has 5 heteroatoms. The third-order valence-electron chi connectivity index (χ3n) is 1.65. The van der Waals surface area contributed by atoms with Gasteiger partial charge < -0.3 is 0 Å². The van der Waals surface area contributed by atoms with E-state index in [2.05, 4.69) is 15.9 Å². The van der Waals surface area contributed by atoms with Crippen molar-refractivity contribution in [2.75, 3.05) is 0 Å². The molecule has 0 saturated heterocycles. The first-order chi connectivity index (χ1) is 6.06. The van der Waals surface area contributed by atoms with Crippen molar-refractivity contribution in [2.24, 2.45) is 0 Å². The van der Waals surface area contributed by atoms with Gasteiger partial charge in [-0.15, -0.1) is 0 Å². The standard InChI is InChI=1S/C8H6BrNO3/c1-5-2-6(10(12)13)3-8(9)7(5)4-11/h2-4H,1H3. The average molecular weight is 244 g/mol. The number of non-ortho nitro benzene ring substituents is 1. The Morgan fingerprint density at radius 1 is 1.54 bits per heavy atom. The molecule has 1 aromatic rings. The van der Waals surface area contributed by atoms with E-state index in [0.29, 0.717) is 21.9 Å². The topological polar surface area (TPSA) is 60.2 Å². The summed E-state index contributed by atoms with van der Waals surface area (Å²) in [5.74, 6) is 0. The molecular weight excluding hydrogens is 238 g/mol. The van der Waals surface area contributed by atoms with E-state index < -0.39 is 4.92 Å². The lowest BCUT2D eigenvalue weighted by atomic mass is 10.1. The van der Waals surface area contributed by atoms with Gasteiger partial charge in [-0.2, -0.15) is 0 Å². The van der Waals surface area contributed by atoms with E-state index in [1.54, 1.807) is 6.92 Å². The van der Waals surface area contributed by atoms with Crippen LogP contribution in [-0.4, -0.2) is 11.2 Å². The highest BCUT2D eigenvalue weighted by Crippen LogP contribution is 2.25. The molecule has 68 valence electrons. The second kappa shape index (κ2) is 3.66. The summed E-state index contributed by atoms with van der Waals surface area (Å²) in [4.78, 5) is 20.4. The first-order valence-corrected chi connectivity index (χ1v) is 4.25. The Kier molecular flexibility index (Phi) is 2.77. The van der Waals surface area contributed by atoms with Crippen LogP contribution in [0.1, 0.15) is 15.9 Å². The SMILES string of the molecule is Cc1cc([N+](=O)[O-])cc(Br)c1C=O. The monoisotopic (exact) mass is 243 g/mol. The number of halogens is 1. The van der Waals surface area contributed by atoms with E-state index in [0.717, 1.165) is 0 Å². The summed E-state index contributed by atoms with van der Waals surface area (Å²) in [6.45, 7) is 1.65. The number of nitro benzene ring substituents is 1. The molecule has 13 heavy (non-hydrogen) atoms. The van der Waals surface area contributed by atoms with Crippen LogP contribution in [0.5, 0.6) is 0 Å². The van der Waals surface area contributed by atoms with E-state index in [4.69, 9.17) is 0 Å². The first-order valence-electron chi connectivity index (χ1n) is 3.46. The molecule has 0 atom stereocenters. The summed E-state index contributed by atoms with van der Waals surface area (Å²) in [7, 11) is 0. The van der Waals surface area contributed by atoms with Crippen molar-refractivity contribution in [3.8, 4) is 0 Å². The Hall–Kier alpha value is -1.23. The van der Waals surface area contributed by atoms with Gasteiger partial charge in [0.1, 0.15) is 0 Å². The average Bonchev–Trinajstić information content (AvgIpc) is 2.03. The predicted octanol–water partition coefficient (Wildman–Crippen LogP) is 2.48. The highest BCUT2D eigenvalue weighted by molar-refractivity contribution is 9.10. The number of aryl methyl sites for hydroxylation is 1. The quantitative estimate of drug-likeness (QED) is 0.456. The molecule has 0 amide bonds. The van der Waals surface area contributed by atoms with Crippen molar-refractivity contribution in [1.29, 1.82) is 0 Å². The van der Waals surface area contributed by atoms with E-state index >= 15 is 0 Å². The van der Waals surface area contributed by atoms with Crippen molar-refractivity contribution >= 4 is 27.9 Å². The molecule has 0 spiro atoms. The molecule has 0 bridgehead atoms. The fraction of sp³-hybridized carbons (Fsp3) is 0.125. The number of aldehydes is 1. The molecule has 0 heterocycles. The van der Waals surface area contributed by atoms with Crippen molar-refractivity contribution < 1.29 is 9.72 Å². The number of benzene rings is 1. The Balaban J connectivity index is 3.36. The van der Waals surface area contributed by atoms with Crippen molar-refractivity contribution in [3.63, 3.8) is 0 Å². The van der Waals surface area contributed by atoms with Gasteiger partial charge in [0.25, 0.3) is 5.69 Å². The Morgan fingerprint density at radius 3 is 2.54 bits per heavy atom. The number of hydrogen-bond acceptors (Lipinski definition) is 3. The van der Waals surface area contributed by atoms with Crippen LogP contribution in [-0.2, 0) is 0 Å². The van der Waals surface area contributed by atoms with E-state index in [1.807, 2.05) is 0 Å². The second-order valence-corrected chi connectivity index (χ2v) is 3.39. The van der Waals surface area contributed by atoms with Crippen LogP contribution < -0.4 is 0 Å². The van der Waals surface area contributed by atoms with Crippen molar-refractivity contribution in [1.82, 2.24) is 0 Å². The van der Waals surface area contributed by atoms with Gasteiger partial charge in [-0.05, 0) is 28.4 Å². The summed E-state index contributed by atoms with van der Waals surface area (Å²) in [6.07, 6.45) is 0.670. The molecule has 0 radical (unpaired) electrons. The van der Waals surface area contributed by atoms with Gasteiger partial charge in [0.15, 0.2) is 6.29 Å². The minimum absolute atomic E-state index is 0.0185. The van der Waals surface area contributed by atoms with Crippen molar-refractivity contribution in [2.45, 2.75) is 6.92 Å². The highest BCUT2D eigenvalue weighted by atomic mass is 79.9. The number of nitro groups is 1. The number of carbonyl (C=O) groups is 1. The van der Waals surface area contributed by atoms with Crippen LogP contribution in [0.15, 0.2) is 16.6 Å². The fourth-order valence-corrected chi connectivity index (χ4v) is 1.63. The molecule has 1 rings (SSSR count). The summed E-state index contributed by atoms with van der Waals surface area (Å²) in [5.41, 5.74) is 1.02. The minimum atomic E-state index is -0.494. The lowest BCUT2D eigenvalue weighted by molar-refractivity contribution is -0.385. The van der Waals surface area contributed by atoms with Crippen molar-refractivity contribution in [3.05, 3.63) is 37.8 Å². The Morgan fingerprint density at radius 2 is 2.15 bits per heavy atom. The number of nitrogens with zero attached hydrogens (tertiary/aromatic N) is 1. The molecule has 0 fully saturated rings. The van der Waals surface area contributed by atoms with Gasteiger partial charge in [-0.1, -0.05) is 0 Å². The highest BCUT2D eigenvalue weighted by Gasteiger charge is 2.11. The molecule has 4 nitrogen and oxygen atoms in total. The lowest BCUT2D eigenvalue weighted by Gasteiger charge is -2.00. The summed E-state index contributed by atoms with van der Waals surface area (Å²) >= 11 is 3.09. The van der Waals surface area contributed by atoms with Gasteiger partial charge >= 0.3 is 0 Å². The molecule has 0 aliphatic heterocycles. The zero-order valence-corrected chi connectivity index (χ0v) is 8.37. The molecule has 0 aliphatic rings. The third kappa shape index (κ3) is 1.92. The van der Waals surface area contributed by atoms with Gasteiger partial charge in [-0.25, -0.2) is 0 Å². The molecule has 0 aromatic heterocycles. The molecule has 1 aromatic carbocycles. The molecular formula is C8H6BrNO3. The Bertz CT molecular complexity index is 353. The van der Waals surface area contributed by atoms with Crippen LogP contribution in [0.4, 0.5) is 5.69 Å². The van der Waals surface area contributed by atoms with Gasteiger partial charge in [0.2, 0.25) is 0 Å². The fourth-order valence-electron chi connectivity index (χ4n) is 0.992. The molecule has 0 aliphatic carbocycles. The maximum absolute atomic E-state index is 10.5. The van der Waals surface area contributed by atoms with Gasteiger partial charge in [0.05, 0.1) is 4.92 Å². The summed E-state index contributed by atoms with van der Waals surface area (Å²) in [5, 5.41) is 10.4. The number of rotatable bonds is 2. The zero-order valence-electron chi connectivity index (χ0n) is 6.78. The van der Waals surface area contributed by atoms with Crippen LogP contribution >= 0.6 is 15.9 Å². The maximum atomic E-state index is 10.5. The van der Waals surface area contributed by atoms with E-state index in [9.17, 15) is 14.9 Å². The normalized spacial score (nSPS) is 9.69. The third-order valence-corrected chi connectivity index (χ3v) is 2.31. The van der Waals surface area contributed by atoms with E-state index in [-0.39, 0.29) is 5.69 Å². The Labute approximate surface area is 82.8 Å². The molecule has 0 unspecified atom stereocenters. The zero-order chi connectivity index (χ0) is 10.0. The van der Waals surface area contributed by atoms with Gasteiger partial charge in [-0.3, -0.25) is 14.9 Å². The van der Waals surface area contributed by atoms with Crippen LogP contribution in [0.2, 0.25) is 0 Å². The summed E-state index contributed by atoms with van der Waals surface area (Å²) < 4.78 is 0.453. The first kappa shape index (κ1) is 9.85. The predicted molar refractivity (Wildman–Crippen MR) is 50.9 cm³/mol. The minimum Gasteiger partial charge on any atom is -0.298 e. The smallest absolute Gasteiger partial charge is 0.270 e. The summed E-state index contributed by atoms with van der Waals surface area (Å²) in [6, 6.07) is 2.69. The largest absolute Gasteiger partial charge is 0.298 e. The lowest BCUT2D eigenvalue weighted by Crippen LogP contribution is -1.93. The van der Waals surface area contributed by atoms with E-state index in [1.165, 1.54) is 12.1 Å². The van der Waals surface area contributed by atoms with Crippen LogP contribution in [0.3, 0.4) is 0 Å². The molecule has 0 N–H and O–H groups in total. The van der Waals surface area contributed by atoms with Crippen LogP contribution in [0, 0.1) is 17.0 Å². The number of carbonyl (C=O) groups excluding carboxylic acids is 1. The molecule has 0 saturated carbocycles. The van der Waals surface area contributed by atoms with Crippen LogP contribution in [0.25, 0.3) is 0 Å². The maximum Gasteiger partial charge on any atom is 0.270 e. The van der Waals surface area contributed by atoms with Gasteiger partial charge in [0, 0.05) is 22.2 Å².